The normalized spacial score (nSPS) is 14.1. The number of pyridine rings is 2. The number of hydrogen-bond donors (Lipinski definition) is 1. The minimum Gasteiger partial charge on any atom is -0.496 e. The number of ether oxygens (including phenoxy) is 2. The van der Waals surface area contributed by atoms with Crippen LogP contribution in [0.15, 0.2) is 76.7 Å². The number of aromatic amines is 1. The molecular formula is C54H65N5O6. The summed E-state index contributed by atoms with van der Waals surface area (Å²) in [6, 6.07) is 16.1. The first kappa shape index (κ1) is 46.6. The van der Waals surface area contributed by atoms with E-state index in [0.29, 0.717) is 53.5 Å². The Morgan fingerprint density at radius 2 is 1.31 bits per heavy atom. The molecule has 0 atom stereocenters. The van der Waals surface area contributed by atoms with Crippen LogP contribution in [0.2, 0.25) is 0 Å². The van der Waals surface area contributed by atoms with Crippen molar-refractivity contribution < 1.29 is 19.1 Å². The Bertz CT molecular complexity index is 2880. The number of rotatable bonds is 8. The third-order valence-electron chi connectivity index (χ3n) is 14.1. The zero-order valence-corrected chi connectivity index (χ0v) is 40.3. The van der Waals surface area contributed by atoms with Gasteiger partial charge in [0.25, 0.3) is 22.9 Å². The lowest BCUT2D eigenvalue weighted by Crippen LogP contribution is -2.39. The molecule has 1 saturated heterocycles. The molecule has 0 spiro atoms. The van der Waals surface area contributed by atoms with Gasteiger partial charge in [0.2, 0.25) is 0 Å². The predicted molar refractivity (Wildman–Crippen MR) is 261 cm³/mol. The molecule has 3 aromatic carbocycles. The summed E-state index contributed by atoms with van der Waals surface area (Å²) < 4.78 is 14.6. The number of piperidine rings is 1. The lowest BCUT2D eigenvalue weighted by molar-refractivity contribution is 0.0668. The van der Waals surface area contributed by atoms with E-state index in [9.17, 15) is 19.2 Å². The Hall–Kier alpha value is -6.36. The highest BCUT2D eigenvalue weighted by Gasteiger charge is 2.30. The van der Waals surface area contributed by atoms with Crippen molar-refractivity contribution >= 4 is 22.7 Å². The third-order valence-corrected chi connectivity index (χ3v) is 14.1. The second-order valence-electron chi connectivity index (χ2n) is 18.6. The Labute approximate surface area is 383 Å². The zero-order chi connectivity index (χ0) is 47.0. The number of carbonyl (C=O) groups is 2. The summed E-state index contributed by atoms with van der Waals surface area (Å²) in [5, 5.41) is 1.01. The first-order valence-electron chi connectivity index (χ1n) is 22.9. The number of aromatic nitrogens is 3. The first-order chi connectivity index (χ1) is 31.0. The number of hydrogen-bond acceptors (Lipinski definition) is 6. The summed E-state index contributed by atoms with van der Waals surface area (Å²) in [5.41, 5.74) is 13.0. The maximum atomic E-state index is 13.8. The number of amides is 2. The van der Waals surface area contributed by atoms with Crippen LogP contribution in [0.5, 0.6) is 11.5 Å². The van der Waals surface area contributed by atoms with Crippen molar-refractivity contribution in [3.8, 4) is 33.8 Å². The van der Waals surface area contributed by atoms with Crippen molar-refractivity contribution in [3.05, 3.63) is 138 Å². The topological polar surface area (TPSA) is 119 Å². The molecule has 0 bridgehead atoms. The number of aryl methyl sites for hydroxylation is 2. The fraction of sp³-hybridized carbons (Fsp3) is 0.407. The maximum absolute atomic E-state index is 13.8. The van der Waals surface area contributed by atoms with Gasteiger partial charge in [-0.2, -0.15) is 0 Å². The van der Waals surface area contributed by atoms with E-state index in [4.69, 9.17) is 9.47 Å². The van der Waals surface area contributed by atoms with Gasteiger partial charge in [0.05, 0.1) is 25.3 Å². The Kier molecular flexibility index (Phi) is 13.6. The molecule has 0 radical (unpaired) electrons. The molecular weight excluding hydrogens is 815 g/mol. The molecule has 0 aliphatic carbocycles. The monoisotopic (exact) mass is 879 g/mol. The van der Waals surface area contributed by atoms with Gasteiger partial charge in [-0.1, -0.05) is 52.0 Å². The molecule has 2 amide bonds. The van der Waals surface area contributed by atoms with E-state index in [1.165, 1.54) is 16.7 Å². The van der Waals surface area contributed by atoms with Crippen LogP contribution in [-0.2, 0) is 27.1 Å². The summed E-state index contributed by atoms with van der Waals surface area (Å²) in [6.45, 7) is 19.4. The lowest BCUT2D eigenvalue weighted by Gasteiger charge is -2.34. The highest BCUT2D eigenvalue weighted by Crippen LogP contribution is 2.39. The van der Waals surface area contributed by atoms with Crippen molar-refractivity contribution in [2.45, 2.75) is 87.1 Å². The molecule has 11 heteroatoms. The Morgan fingerprint density at radius 3 is 1.89 bits per heavy atom. The van der Waals surface area contributed by atoms with Crippen molar-refractivity contribution in [1.82, 2.24) is 23.9 Å². The summed E-state index contributed by atoms with van der Waals surface area (Å²) in [4.78, 5) is 58.9. The van der Waals surface area contributed by atoms with Crippen LogP contribution in [0.4, 0.5) is 0 Å². The first-order valence-corrected chi connectivity index (χ1v) is 22.9. The van der Waals surface area contributed by atoms with E-state index < -0.39 is 0 Å². The average Bonchev–Trinajstić information content (AvgIpc) is 3.81. The summed E-state index contributed by atoms with van der Waals surface area (Å²) in [6.07, 6.45) is 8.57. The van der Waals surface area contributed by atoms with E-state index in [-0.39, 0.29) is 22.9 Å². The van der Waals surface area contributed by atoms with Crippen LogP contribution in [-0.4, -0.2) is 69.6 Å². The molecule has 0 unspecified atom stereocenters. The predicted octanol–water partition coefficient (Wildman–Crippen LogP) is 9.67. The summed E-state index contributed by atoms with van der Waals surface area (Å²) >= 11 is 0. The molecule has 2 aliphatic heterocycles. The van der Waals surface area contributed by atoms with E-state index in [1.54, 1.807) is 37.4 Å². The third kappa shape index (κ3) is 8.89. The Balaban J connectivity index is 0.000000196. The minimum atomic E-state index is -0.112. The molecule has 5 heterocycles. The largest absolute Gasteiger partial charge is 0.496 e. The Morgan fingerprint density at radius 1 is 0.708 bits per heavy atom. The van der Waals surface area contributed by atoms with Crippen LogP contribution in [0.3, 0.4) is 0 Å². The number of methoxy groups -OCH3 is 2. The lowest BCUT2D eigenvalue weighted by atomic mass is 9.86. The van der Waals surface area contributed by atoms with Gasteiger partial charge in [0.1, 0.15) is 17.1 Å². The molecule has 342 valence electrons. The molecule has 8 rings (SSSR count). The molecule has 6 aromatic rings. The molecule has 0 saturated carbocycles. The molecule has 2 aliphatic rings. The van der Waals surface area contributed by atoms with Gasteiger partial charge in [-0.15, -0.1) is 0 Å². The molecule has 1 N–H and O–H groups in total. The highest BCUT2D eigenvalue weighted by molar-refractivity contribution is 6.10. The maximum Gasteiger partial charge on any atom is 0.261 e. The van der Waals surface area contributed by atoms with E-state index in [1.807, 2.05) is 86.4 Å². The summed E-state index contributed by atoms with van der Waals surface area (Å²) in [7, 11) is 6.65. The van der Waals surface area contributed by atoms with Crippen LogP contribution in [0.1, 0.15) is 106 Å². The molecule has 1 fully saturated rings. The van der Waals surface area contributed by atoms with Gasteiger partial charge in [0.15, 0.2) is 0 Å². The fourth-order valence-corrected chi connectivity index (χ4v) is 9.81. The van der Waals surface area contributed by atoms with Crippen molar-refractivity contribution in [1.29, 1.82) is 0 Å². The van der Waals surface area contributed by atoms with Crippen molar-refractivity contribution in [2.24, 2.45) is 25.9 Å². The highest BCUT2D eigenvalue weighted by atomic mass is 16.5. The molecule has 65 heavy (non-hydrogen) atoms. The zero-order valence-electron chi connectivity index (χ0n) is 40.3. The van der Waals surface area contributed by atoms with Crippen LogP contribution >= 0.6 is 0 Å². The van der Waals surface area contributed by atoms with E-state index in [0.717, 1.165) is 87.8 Å². The van der Waals surface area contributed by atoms with Gasteiger partial charge in [0, 0.05) is 86.5 Å². The van der Waals surface area contributed by atoms with Crippen LogP contribution in [0, 0.1) is 39.5 Å². The van der Waals surface area contributed by atoms with Crippen LogP contribution < -0.4 is 20.6 Å². The number of fused-ring (bicyclic) bond motifs is 2. The van der Waals surface area contributed by atoms with Crippen molar-refractivity contribution in [2.75, 3.05) is 33.9 Å². The van der Waals surface area contributed by atoms with Gasteiger partial charge in [-0.05, 0) is 128 Å². The second kappa shape index (κ2) is 19.0. The number of likely N-dealkylation sites (tertiary alicyclic amines) is 1. The second-order valence-corrected chi connectivity index (χ2v) is 18.6. The van der Waals surface area contributed by atoms with Crippen LogP contribution in [0.25, 0.3) is 33.2 Å². The van der Waals surface area contributed by atoms with Gasteiger partial charge in [-0.25, -0.2) is 0 Å². The molecule has 11 nitrogen and oxygen atoms in total. The minimum absolute atomic E-state index is 0.0250. The number of benzene rings is 3. The number of H-pyrrole nitrogens is 1. The van der Waals surface area contributed by atoms with Gasteiger partial charge < -0.3 is 33.4 Å². The quantitative estimate of drug-likeness (QED) is 0.163. The van der Waals surface area contributed by atoms with E-state index >= 15 is 0 Å². The average molecular weight is 880 g/mol. The summed E-state index contributed by atoms with van der Waals surface area (Å²) in [5.74, 6) is 2.73. The SMILES string of the molecule is COc1cc(-c2cn(C)c(=O)c(C)c2C)cc(OC)c1C(=O)N1CCc2c(cccc2C(C)C)C1.Cc1c(-c2ccc(C(=O)N3CCC(C(C)C)CC3)c3[nH]ccc23)cn(C)c(=O)c1C. The van der Waals surface area contributed by atoms with E-state index in [2.05, 4.69) is 50.9 Å². The fourth-order valence-electron chi connectivity index (χ4n) is 9.81. The number of carbonyl (C=O) groups excluding carboxylic acids is 2. The van der Waals surface area contributed by atoms with Crippen molar-refractivity contribution in [3.63, 3.8) is 0 Å². The molecule has 3 aromatic heterocycles. The standard InChI is InChI=1S/C29H34N2O4.C25H31N3O2/c1-17(2)22-10-8-9-20-15-31(12-11-23(20)22)29(33)27-25(34-6)13-21(14-26(27)35-7)24-16-30(5)28(32)19(4)18(24)3;1-15(2)18-9-12-28(13-10-18)25(30)21-7-6-19(20-8-11-26-23(20)21)22-14-27(5)24(29)17(4)16(22)3/h8-10,13-14,16-17H,11-12,15H2,1-7H3;6-8,11,14-15,18,26H,9-10,12-13H2,1-5H3. The van der Waals surface area contributed by atoms with Gasteiger partial charge >= 0.3 is 0 Å². The number of nitrogens with zero attached hydrogens (tertiary/aromatic N) is 4. The number of nitrogens with one attached hydrogen (secondary N) is 1. The smallest absolute Gasteiger partial charge is 0.261 e. The van der Waals surface area contributed by atoms with Gasteiger partial charge in [-0.3, -0.25) is 19.2 Å².